The molecule has 4 aromatic rings. The Morgan fingerprint density at radius 2 is 1.89 bits per heavy atom. The van der Waals surface area contributed by atoms with Gasteiger partial charge in [-0.25, -0.2) is 14.5 Å². The molecule has 1 aliphatic rings. The first-order valence-electron chi connectivity index (χ1n) is 13.1. The van der Waals surface area contributed by atoms with E-state index in [2.05, 4.69) is 79.8 Å². The van der Waals surface area contributed by atoms with E-state index in [0.717, 1.165) is 45.9 Å². The standard InChI is InChI=1S/C28H38N8O/c1-16(2)25-26(21-13-36-28(29-15-30-36)20(6)19(21)5)31-22-9-10-23(32-27(22)25)34-11-18(4)35(12-17(34)3)24(37)14-33(7)8/h9-10,13,15-18,31H,11-12,14H2,1-8H3/t17-,18-/m1/s1. The topological polar surface area (TPSA) is 85.7 Å². The van der Waals surface area contributed by atoms with Gasteiger partial charge in [0.15, 0.2) is 5.65 Å². The summed E-state index contributed by atoms with van der Waals surface area (Å²) in [6, 6.07) is 4.54. The lowest BCUT2D eigenvalue weighted by atomic mass is 9.95. The molecule has 1 N–H and O–H groups in total. The summed E-state index contributed by atoms with van der Waals surface area (Å²) < 4.78 is 1.85. The highest BCUT2D eigenvalue weighted by atomic mass is 16.2. The molecule has 9 heteroatoms. The predicted octanol–water partition coefficient (Wildman–Crippen LogP) is 4.00. The molecule has 37 heavy (non-hydrogen) atoms. The van der Waals surface area contributed by atoms with E-state index in [9.17, 15) is 4.79 Å². The number of hydrogen-bond donors (Lipinski definition) is 1. The van der Waals surface area contributed by atoms with E-state index >= 15 is 0 Å². The molecule has 2 atom stereocenters. The highest BCUT2D eigenvalue weighted by molar-refractivity contribution is 5.90. The summed E-state index contributed by atoms with van der Waals surface area (Å²) in [4.78, 5) is 32.4. The van der Waals surface area contributed by atoms with Crippen molar-refractivity contribution >= 4 is 28.4 Å². The molecule has 1 fully saturated rings. The lowest BCUT2D eigenvalue weighted by Crippen LogP contribution is -2.59. The van der Waals surface area contributed by atoms with Crippen molar-refractivity contribution < 1.29 is 4.79 Å². The van der Waals surface area contributed by atoms with Crippen LogP contribution in [0.15, 0.2) is 24.7 Å². The molecule has 4 aromatic heterocycles. The van der Waals surface area contributed by atoms with Crippen molar-refractivity contribution in [3.63, 3.8) is 0 Å². The molecule has 1 aliphatic heterocycles. The predicted molar refractivity (Wildman–Crippen MR) is 148 cm³/mol. The number of carbonyl (C=O) groups excluding carboxylic acids is 1. The van der Waals surface area contributed by atoms with Crippen molar-refractivity contribution in [3.05, 3.63) is 41.3 Å². The van der Waals surface area contributed by atoms with Crippen LogP contribution in [0.4, 0.5) is 5.82 Å². The van der Waals surface area contributed by atoms with Crippen molar-refractivity contribution in [1.29, 1.82) is 0 Å². The van der Waals surface area contributed by atoms with E-state index in [4.69, 9.17) is 4.98 Å². The summed E-state index contributed by atoms with van der Waals surface area (Å²) in [6.45, 7) is 14.9. The molecule has 0 radical (unpaired) electrons. The Balaban J connectivity index is 1.54. The summed E-state index contributed by atoms with van der Waals surface area (Å²) in [5.74, 6) is 1.41. The number of aromatic nitrogens is 5. The van der Waals surface area contributed by atoms with Gasteiger partial charge >= 0.3 is 0 Å². The number of nitrogens with zero attached hydrogens (tertiary/aromatic N) is 7. The summed E-state index contributed by atoms with van der Waals surface area (Å²) in [5, 5.41) is 4.40. The Labute approximate surface area is 218 Å². The minimum absolute atomic E-state index is 0.118. The van der Waals surface area contributed by atoms with Crippen molar-refractivity contribution in [2.75, 3.05) is 38.6 Å². The van der Waals surface area contributed by atoms with Gasteiger partial charge in [-0.15, -0.1) is 0 Å². The number of piperazine rings is 1. The number of rotatable bonds is 5. The molecule has 0 aliphatic carbocycles. The number of H-pyrrole nitrogens is 1. The maximum absolute atomic E-state index is 12.8. The van der Waals surface area contributed by atoms with Crippen LogP contribution in [-0.4, -0.2) is 86.1 Å². The molecule has 0 saturated carbocycles. The Hall–Kier alpha value is -3.46. The zero-order valence-corrected chi connectivity index (χ0v) is 23.2. The number of aromatic amines is 1. The van der Waals surface area contributed by atoms with Crippen molar-refractivity contribution in [1.82, 2.24) is 34.4 Å². The summed E-state index contributed by atoms with van der Waals surface area (Å²) >= 11 is 0. The number of pyridine rings is 2. The smallest absolute Gasteiger partial charge is 0.237 e. The number of hydrogen-bond acceptors (Lipinski definition) is 6. The van der Waals surface area contributed by atoms with Gasteiger partial charge in [-0.1, -0.05) is 13.8 Å². The molecule has 1 saturated heterocycles. The second kappa shape index (κ2) is 9.45. The van der Waals surface area contributed by atoms with E-state index in [0.29, 0.717) is 13.1 Å². The Kier molecular flexibility index (Phi) is 6.43. The van der Waals surface area contributed by atoms with Crippen LogP contribution < -0.4 is 4.90 Å². The van der Waals surface area contributed by atoms with E-state index in [-0.39, 0.29) is 23.9 Å². The lowest BCUT2D eigenvalue weighted by molar-refractivity contribution is -0.134. The lowest BCUT2D eigenvalue weighted by Gasteiger charge is -2.45. The van der Waals surface area contributed by atoms with Crippen LogP contribution in [0.3, 0.4) is 0 Å². The Morgan fingerprint density at radius 3 is 2.59 bits per heavy atom. The fourth-order valence-corrected chi connectivity index (χ4v) is 5.62. The van der Waals surface area contributed by atoms with E-state index in [1.54, 1.807) is 6.33 Å². The summed E-state index contributed by atoms with van der Waals surface area (Å²) in [7, 11) is 3.87. The molecule has 0 unspecified atom stereocenters. The number of amides is 1. The highest BCUT2D eigenvalue weighted by Gasteiger charge is 2.33. The summed E-state index contributed by atoms with van der Waals surface area (Å²) in [5.41, 5.74) is 8.65. The van der Waals surface area contributed by atoms with Gasteiger partial charge in [0, 0.05) is 42.5 Å². The molecular formula is C28H38N8O. The van der Waals surface area contributed by atoms with Gasteiger partial charge in [0.05, 0.1) is 23.3 Å². The normalized spacial score (nSPS) is 18.6. The van der Waals surface area contributed by atoms with Gasteiger partial charge in [-0.05, 0) is 71.0 Å². The number of carbonyl (C=O) groups is 1. The van der Waals surface area contributed by atoms with Crippen molar-refractivity contribution in [2.24, 2.45) is 0 Å². The van der Waals surface area contributed by atoms with Gasteiger partial charge in [-0.2, -0.15) is 5.10 Å². The average Bonchev–Trinajstić information content (AvgIpc) is 3.46. The fourth-order valence-electron chi connectivity index (χ4n) is 5.62. The molecule has 1 amide bonds. The Bertz CT molecular complexity index is 1470. The third-order valence-corrected chi connectivity index (χ3v) is 7.69. The van der Waals surface area contributed by atoms with Gasteiger partial charge in [-0.3, -0.25) is 4.79 Å². The van der Waals surface area contributed by atoms with Crippen LogP contribution in [-0.2, 0) is 4.79 Å². The largest absolute Gasteiger partial charge is 0.353 e. The molecule has 5 rings (SSSR count). The van der Waals surface area contributed by atoms with Crippen LogP contribution in [0.25, 0.3) is 27.9 Å². The third kappa shape index (κ3) is 4.35. The summed E-state index contributed by atoms with van der Waals surface area (Å²) in [6.07, 6.45) is 3.67. The van der Waals surface area contributed by atoms with E-state index in [1.165, 1.54) is 11.1 Å². The SMILES string of the molecule is Cc1c(-c2[nH]c3ccc(N4C[C@@H](C)N(C(=O)CN(C)C)C[C@H]4C)nc3c2C(C)C)cn2ncnc2c1C. The maximum atomic E-state index is 12.8. The monoisotopic (exact) mass is 502 g/mol. The maximum Gasteiger partial charge on any atom is 0.237 e. The second-order valence-corrected chi connectivity index (χ2v) is 11.1. The minimum atomic E-state index is 0.118. The average molecular weight is 503 g/mol. The highest BCUT2D eigenvalue weighted by Crippen LogP contribution is 2.38. The molecule has 9 nitrogen and oxygen atoms in total. The van der Waals surface area contributed by atoms with Crippen LogP contribution in [0, 0.1) is 13.8 Å². The Morgan fingerprint density at radius 1 is 1.14 bits per heavy atom. The first-order chi connectivity index (χ1) is 17.6. The molecule has 5 heterocycles. The van der Waals surface area contributed by atoms with Crippen molar-refractivity contribution in [2.45, 2.75) is 59.5 Å². The number of fused-ring (bicyclic) bond motifs is 2. The molecule has 0 bridgehead atoms. The van der Waals surface area contributed by atoms with Crippen LogP contribution in [0.2, 0.25) is 0 Å². The van der Waals surface area contributed by atoms with Gasteiger partial charge in [0.2, 0.25) is 5.91 Å². The van der Waals surface area contributed by atoms with Gasteiger partial charge in [0.25, 0.3) is 0 Å². The number of likely N-dealkylation sites (N-methyl/N-ethyl adjacent to an activating group) is 1. The van der Waals surface area contributed by atoms with Crippen LogP contribution >= 0.6 is 0 Å². The zero-order valence-electron chi connectivity index (χ0n) is 23.2. The molecule has 0 aromatic carbocycles. The number of anilines is 1. The fraction of sp³-hybridized carbons (Fsp3) is 0.500. The zero-order chi connectivity index (χ0) is 26.6. The van der Waals surface area contributed by atoms with Crippen LogP contribution in [0.1, 0.15) is 50.3 Å². The van der Waals surface area contributed by atoms with E-state index in [1.807, 2.05) is 28.4 Å². The third-order valence-electron chi connectivity index (χ3n) is 7.69. The second-order valence-electron chi connectivity index (χ2n) is 11.1. The molecule has 0 spiro atoms. The number of nitrogens with one attached hydrogen (secondary N) is 1. The van der Waals surface area contributed by atoms with Crippen LogP contribution in [0.5, 0.6) is 0 Å². The quantitative estimate of drug-likeness (QED) is 0.444. The first kappa shape index (κ1) is 25.2. The number of aryl methyl sites for hydroxylation is 1. The first-order valence-corrected chi connectivity index (χ1v) is 13.1. The van der Waals surface area contributed by atoms with Gasteiger partial charge < -0.3 is 19.7 Å². The van der Waals surface area contributed by atoms with Gasteiger partial charge in [0.1, 0.15) is 12.1 Å². The molecular weight excluding hydrogens is 464 g/mol. The van der Waals surface area contributed by atoms with Crippen molar-refractivity contribution in [3.8, 4) is 11.3 Å². The van der Waals surface area contributed by atoms with E-state index < -0.39 is 0 Å². The molecule has 196 valence electrons. The minimum Gasteiger partial charge on any atom is -0.353 e.